The number of aryl methyl sites for hydroxylation is 2. The minimum Gasteiger partial charge on any atom is -0.384 e. The van der Waals surface area contributed by atoms with Crippen LogP contribution in [0.1, 0.15) is 24.7 Å². The van der Waals surface area contributed by atoms with Gasteiger partial charge in [-0.3, -0.25) is 0 Å². The van der Waals surface area contributed by atoms with Gasteiger partial charge in [-0.2, -0.15) is 0 Å². The van der Waals surface area contributed by atoms with Crippen molar-refractivity contribution in [2.24, 2.45) is 0 Å². The zero-order valence-corrected chi connectivity index (χ0v) is 10.3. The first-order valence-electron chi connectivity index (χ1n) is 5.38. The SMILES string of the molecule is CCCc1nc(N)cc(-c2sccc2C)n1. The first-order valence-corrected chi connectivity index (χ1v) is 6.26. The number of rotatable bonds is 3. The highest BCUT2D eigenvalue weighted by Crippen LogP contribution is 2.28. The van der Waals surface area contributed by atoms with Crippen molar-refractivity contribution in [2.45, 2.75) is 26.7 Å². The van der Waals surface area contributed by atoms with Crippen LogP contribution in [0.25, 0.3) is 10.6 Å². The summed E-state index contributed by atoms with van der Waals surface area (Å²) in [7, 11) is 0. The van der Waals surface area contributed by atoms with Gasteiger partial charge in [-0.1, -0.05) is 6.92 Å². The molecule has 0 amide bonds. The molecule has 2 rings (SSSR count). The lowest BCUT2D eigenvalue weighted by molar-refractivity contribution is 0.839. The van der Waals surface area contributed by atoms with Crippen LogP contribution in [0.2, 0.25) is 0 Å². The maximum Gasteiger partial charge on any atom is 0.131 e. The minimum atomic E-state index is 0.557. The molecule has 0 radical (unpaired) electrons. The largest absolute Gasteiger partial charge is 0.384 e. The van der Waals surface area contributed by atoms with E-state index in [9.17, 15) is 0 Å². The fourth-order valence-corrected chi connectivity index (χ4v) is 2.49. The summed E-state index contributed by atoms with van der Waals surface area (Å²) in [5.74, 6) is 1.39. The number of thiophene rings is 1. The van der Waals surface area contributed by atoms with Crippen LogP contribution in [0.15, 0.2) is 17.5 Å². The topological polar surface area (TPSA) is 51.8 Å². The third kappa shape index (κ3) is 2.22. The van der Waals surface area contributed by atoms with E-state index in [0.717, 1.165) is 24.4 Å². The summed E-state index contributed by atoms with van der Waals surface area (Å²) < 4.78 is 0. The molecule has 4 heteroatoms. The van der Waals surface area contributed by atoms with Crippen molar-refractivity contribution in [1.29, 1.82) is 0 Å². The molecule has 0 aliphatic carbocycles. The van der Waals surface area contributed by atoms with E-state index in [0.29, 0.717) is 5.82 Å². The smallest absolute Gasteiger partial charge is 0.131 e. The van der Waals surface area contributed by atoms with Crippen LogP contribution in [0.3, 0.4) is 0 Å². The van der Waals surface area contributed by atoms with Crippen molar-refractivity contribution in [3.05, 3.63) is 28.9 Å². The molecular formula is C12H15N3S. The molecule has 84 valence electrons. The summed E-state index contributed by atoms with van der Waals surface area (Å²) in [4.78, 5) is 9.97. The molecule has 0 fully saturated rings. The van der Waals surface area contributed by atoms with Gasteiger partial charge in [0.15, 0.2) is 0 Å². The van der Waals surface area contributed by atoms with Gasteiger partial charge in [0.1, 0.15) is 11.6 Å². The van der Waals surface area contributed by atoms with Crippen molar-refractivity contribution >= 4 is 17.2 Å². The molecule has 0 aromatic carbocycles. The van der Waals surface area contributed by atoms with E-state index in [1.54, 1.807) is 11.3 Å². The Labute approximate surface area is 99.4 Å². The molecule has 0 spiro atoms. The lowest BCUT2D eigenvalue weighted by Crippen LogP contribution is -2.00. The number of nitrogens with two attached hydrogens (primary N) is 1. The molecule has 3 nitrogen and oxygen atoms in total. The lowest BCUT2D eigenvalue weighted by atomic mass is 10.2. The summed E-state index contributed by atoms with van der Waals surface area (Å²) in [5.41, 5.74) is 7.99. The number of aromatic nitrogens is 2. The average Bonchev–Trinajstić information content (AvgIpc) is 2.64. The molecule has 2 aromatic heterocycles. The summed E-state index contributed by atoms with van der Waals surface area (Å²) in [6.07, 6.45) is 1.91. The second kappa shape index (κ2) is 4.61. The maximum absolute atomic E-state index is 5.80. The first kappa shape index (κ1) is 11.1. The van der Waals surface area contributed by atoms with E-state index < -0.39 is 0 Å². The Morgan fingerprint density at radius 1 is 1.38 bits per heavy atom. The molecule has 0 aliphatic rings. The number of hydrogen-bond acceptors (Lipinski definition) is 4. The van der Waals surface area contributed by atoms with Crippen LogP contribution in [-0.2, 0) is 6.42 Å². The van der Waals surface area contributed by atoms with Gasteiger partial charge in [-0.15, -0.1) is 11.3 Å². The average molecular weight is 233 g/mol. The summed E-state index contributed by atoms with van der Waals surface area (Å²) >= 11 is 1.69. The van der Waals surface area contributed by atoms with Gasteiger partial charge in [0.05, 0.1) is 10.6 Å². The fourth-order valence-electron chi connectivity index (χ4n) is 1.60. The first-order chi connectivity index (χ1) is 7.70. The molecule has 0 atom stereocenters. The van der Waals surface area contributed by atoms with Gasteiger partial charge in [0.2, 0.25) is 0 Å². The van der Waals surface area contributed by atoms with Gasteiger partial charge in [-0.25, -0.2) is 9.97 Å². The van der Waals surface area contributed by atoms with Crippen molar-refractivity contribution in [3.63, 3.8) is 0 Å². The highest BCUT2D eigenvalue weighted by molar-refractivity contribution is 7.13. The molecule has 0 saturated carbocycles. The second-order valence-electron chi connectivity index (χ2n) is 3.78. The normalized spacial score (nSPS) is 10.6. The Morgan fingerprint density at radius 2 is 2.19 bits per heavy atom. The molecule has 16 heavy (non-hydrogen) atoms. The number of anilines is 1. The van der Waals surface area contributed by atoms with Crippen LogP contribution < -0.4 is 5.73 Å². The Balaban J connectivity index is 2.45. The standard InChI is InChI=1S/C12H15N3S/c1-3-4-11-14-9(7-10(13)15-11)12-8(2)5-6-16-12/h5-7H,3-4H2,1-2H3,(H2,13,14,15). The van der Waals surface area contributed by atoms with E-state index in [4.69, 9.17) is 5.73 Å². The van der Waals surface area contributed by atoms with Crippen molar-refractivity contribution in [3.8, 4) is 10.6 Å². The minimum absolute atomic E-state index is 0.557. The van der Waals surface area contributed by atoms with E-state index >= 15 is 0 Å². The van der Waals surface area contributed by atoms with E-state index in [2.05, 4.69) is 35.3 Å². The van der Waals surface area contributed by atoms with Gasteiger partial charge in [0.25, 0.3) is 0 Å². The quantitative estimate of drug-likeness (QED) is 0.886. The Kier molecular flexibility index (Phi) is 3.19. The van der Waals surface area contributed by atoms with Gasteiger partial charge in [-0.05, 0) is 30.4 Å². The number of nitrogens with zero attached hydrogens (tertiary/aromatic N) is 2. The van der Waals surface area contributed by atoms with Crippen LogP contribution in [-0.4, -0.2) is 9.97 Å². The van der Waals surface area contributed by atoms with Crippen LogP contribution in [0, 0.1) is 6.92 Å². The summed E-state index contributed by atoms with van der Waals surface area (Å²) in [6, 6.07) is 3.94. The second-order valence-corrected chi connectivity index (χ2v) is 4.69. The van der Waals surface area contributed by atoms with E-state index in [-0.39, 0.29) is 0 Å². The van der Waals surface area contributed by atoms with Crippen LogP contribution in [0.4, 0.5) is 5.82 Å². The Bertz CT molecular complexity index is 491. The zero-order chi connectivity index (χ0) is 11.5. The van der Waals surface area contributed by atoms with Crippen LogP contribution >= 0.6 is 11.3 Å². The third-order valence-electron chi connectivity index (χ3n) is 2.36. The molecule has 0 aliphatic heterocycles. The van der Waals surface area contributed by atoms with E-state index in [1.807, 2.05) is 6.07 Å². The molecule has 2 aromatic rings. The predicted molar refractivity (Wildman–Crippen MR) is 68.5 cm³/mol. The molecule has 0 unspecified atom stereocenters. The lowest BCUT2D eigenvalue weighted by Gasteiger charge is -2.04. The predicted octanol–water partition coefficient (Wildman–Crippen LogP) is 3.05. The summed E-state index contributed by atoms with van der Waals surface area (Å²) in [5, 5.41) is 2.07. The molecular weight excluding hydrogens is 218 g/mol. The third-order valence-corrected chi connectivity index (χ3v) is 3.40. The van der Waals surface area contributed by atoms with Crippen molar-refractivity contribution < 1.29 is 0 Å². The van der Waals surface area contributed by atoms with Crippen LogP contribution in [0.5, 0.6) is 0 Å². The molecule has 0 bridgehead atoms. The summed E-state index contributed by atoms with van der Waals surface area (Å²) in [6.45, 7) is 4.20. The van der Waals surface area contributed by atoms with Crippen molar-refractivity contribution in [2.75, 3.05) is 5.73 Å². The zero-order valence-electron chi connectivity index (χ0n) is 9.53. The molecule has 0 saturated heterocycles. The van der Waals surface area contributed by atoms with Gasteiger partial charge in [0, 0.05) is 12.5 Å². The fraction of sp³-hybridized carbons (Fsp3) is 0.333. The monoisotopic (exact) mass is 233 g/mol. The highest BCUT2D eigenvalue weighted by Gasteiger charge is 2.08. The number of hydrogen-bond donors (Lipinski definition) is 1. The highest BCUT2D eigenvalue weighted by atomic mass is 32.1. The van der Waals surface area contributed by atoms with Crippen molar-refractivity contribution in [1.82, 2.24) is 9.97 Å². The Hall–Kier alpha value is -1.42. The van der Waals surface area contributed by atoms with Gasteiger partial charge >= 0.3 is 0 Å². The van der Waals surface area contributed by atoms with E-state index in [1.165, 1.54) is 10.4 Å². The van der Waals surface area contributed by atoms with Gasteiger partial charge < -0.3 is 5.73 Å². The molecule has 2 N–H and O–H groups in total. The molecule has 2 heterocycles. The maximum atomic E-state index is 5.80. The Morgan fingerprint density at radius 3 is 2.81 bits per heavy atom. The number of nitrogen functional groups attached to an aromatic ring is 1.